The van der Waals surface area contributed by atoms with E-state index in [1.165, 1.54) is 0 Å². The van der Waals surface area contributed by atoms with E-state index in [4.69, 9.17) is 5.73 Å². The highest BCUT2D eigenvalue weighted by atomic mass is 16.2. The molecule has 0 saturated carbocycles. The molecule has 1 aliphatic rings. The van der Waals surface area contributed by atoms with Gasteiger partial charge < -0.3 is 21.7 Å². The van der Waals surface area contributed by atoms with Crippen LogP contribution in [0.4, 0.5) is 16.3 Å². The predicted molar refractivity (Wildman–Crippen MR) is 149 cm³/mol. The summed E-state index contributed by atoms with van der Waals surface area (Å²) in [4.78, 5) is 44.3. The van der Waals surface area contributed by atoms with Crippen molar-refractivity contribution in [2.24, 2.45) is 5.73 Å². The van der Waals surface area contributed by atoms with Crippen molar-refractivity contribution < 1.29 is 14.4 Å². The van der Waals surface area contributed by atoms with E-state index in [9.17, 15) is 14.4 Å². The third-order valence-electron chi connectivity index (χ3n) is 6.35. The van der Waals surface area contributed by atoms with Gasteiger partial charge in [-0.3, -0.25) is 14.5 Å². The normalized spacial score (nSPS) is 15.3. The van der Waals surface area contributed by atoms with E-state index < -0.39 is 11.6 Å². The van der Waals surface area contributed by atoms with Gasteiger partial charge in [0.05, 0.1) is 12.2 Å². The van der Waals surface area contributed by atoms with Crippen molar-refractivity contribution in [1.82, 2.24) is 15.6 Å². The molecule has 38 heavy (non-hydrogen) atoms. The van der Waals surface area contributed by atoms with Crippen LogP contribution in [-0.2, 0) is 22.6 Å². The number of benzene rings is 2. The molecule has 5 N–H and O–H groups in total. The van der Waals surface area contributed by atoms with E-state index >= 15 is 0 Å². The number of hydrogen-bond acceptors (Lipinski definition) is 5. The van der Waals surface area contributed by atoms with E-state index in [1.54, 1.807) is 32.0 Å². The first kappa shape index (κ1) is 26.8. The zero-order valence-electron chi connectivity index (χ0n) is 22.0. The van der Waals surface area contributed by atoms with Gasteiger partial charge in [0.1, 0.15) is 11.9 Å². The number of anilines is 2. The van der Waals surface area contributed by atoms with Crippen molar-refractivity contribution in [3.63, 3.8) is 0 Å². The molecule has 0 unspecified atom stereocenters. The molecule has 1 atom stereocenters. The van der Waals surface area contributed by atoms with Gasteiger partial charge >= 0.3 is 6.03 Å². The summed E-state index contributed by atoms with van der Waals surface area (Å²) >= 11 is 0. The molecule has 0 saturated heterocycles. The molecular weight excluding hydrogens is 480 g/mol. The van der Waals surface area contributed by atoms with E-state index in [0.29, 0.717) is 30.9 Å². The molecule has 0 radical (unpaired) electrons. The zero-order chi connectivity index (χ0) is 27.3. The van der Waals surface area contributed by atoms with Gasteiger partial charge in [0.2, 0.25) is 5.91 Å². The standard InChI is InChI=1S/C29H34N6O3/c1-29(2,30)17-25(36)33-24-15-14-21-7-6-16-32-26(21)35(27(24)37)18-19-10-12-20(13-11-19)22-8-4-5-9-23(22)34-28(38)31-3/h4-13,16,24H,14-15,17-18,30H2,1-3H3,(H,33,36)(H2,31,34,38)/t24-/m1/s1. The number of nitrogens with two attached hydrogens (primary N) is 1. The Hall–Kier alpha value is -4.24. The van der Waals surface area contributed by atoms with Crippen LogP contribution in [0.5, 0.6) is 0 Å². The molecule has 9 nitrogen and oxygen atoms in total. The van der Waals surface area contributed by atoms with Crippen LogP contribution in [-0.4, -0.2) is 41.5 Å². The van der Waals surface area contributed by atoms with Gasteiger partial charge in [0.25, 0.3) is 5.91 Å². The molecular formula is C29H34N6O3. The number of aryl methyl sites for hydroxylation is 1. The second-order valence-corrected chi connectivity index (χ2v) is 10.2. The minimum atomic E-state index is -0.668. The van der Waals surface area contributed by atoms with Crippen LogP contribution in [0.15, 0.2) is 66.9 Å². The number of nitrogens with zero attached hydrogens (tertiary/aromatic N) is 2. The number of pyridine rings is 1. The van der Waals surface area contributed by atoms with Crippen LogP contribution >= 0.6 is 0 Å². The Morgan fingerprint density at radius 2 is 1.82 bits per heavy atom. The lowest BCUT2D eigenvalue weighted by Crippen LogP contribution is -2.50. The Labute approximate surface area is 222 Å². The van der Waals surface area contributed by atoms with Gasteiger partial charge in [-0.1, -0.05) is 48.5 Å². The number of rotatable bonds is 7. The third-order valence-corrected chi connectivity index (χ3v) is 6.35. The number of aromatic nitrogens is 1. The molecule has 2 heterocycles. The van der Waals surface area contributed by atoms with Gasteiger partial charge in [-0.05, 0) is 55.5 Å². The SMILES string of the molecule is CNC(=O)Nc1ccccc1-c1ccc(CN2C(=O)[C@H](NC(=O)CC(C)(C)N)CCc3cccnc32)cc1. The number of fused-ring (bicyclic) bond motifs is 1. The van der Waals surface area contributed by atoms with Crippen LogP contribution in [0.2, 0.25) is 0 Å². The van der Waals surface area contributed by atoms with E-state index in [1.807, 2.05) is 60.7 Å². The second-order valence-electron chi connectivity index (χ2n) is 10.2. The van der Waals surface area contributed by atoms with Crippen LogP contribution < -0.4 is 26.6 Å². The fraction of sp³-hybridized carbons (Fsp3) is 0.310. The molecule has 198 valence electrons. The highest BCUT2D eigenvalue weighted by Gasteiger charge is 2.33. The molecule has 1 aliphatic heterocycles. The Bertz CT molecular complexity index is 1320. The lowest BCUT2D eigenvalue weighted by Gasteiger charge is -2.26. The average molecular weight is 515 g/mol. The lowest BCUT2D eigenvalue weighted by atomic mass is 10.0. The Morgan fingerprint density at radius 1 is 1.08 bits per heavy atom. The largest absolute Gasteiger partial charge is 0.344 e. The summed E-state index contributed by atoms with van der Waals surface area (Å²) in [5.74, 6) is 0.163. The highest BCUT2D eigenvalue weighted by Crippen LogP contribution is 2.30. The van der Waals surface area contributed by atoms with Gasteiger partial charge in [0, 0.05) is 30.8 Å². The van der Waals surface area contributed by atoms with Crippen molar-refractivity contribution in [3.05, 3.63) is 78.0 Å². The van der Waals surface area contributed by atoms with Crippen molar-refractivity contribution in [3.8, 4) is 11.1 Å². The predicted octanol–water partition coefficient (Wildman–Crippen LogP) is 3.59. The maximum atomic E-state index is 13.7. The zero-order valence-corrected chi connectivity index (χ0v) is 22.0. The molecule has 1 aromatic heterocycles. The van der Waals surface area contributed by atoms with Crippen molar-refractivity contribution in [1.29, 1.82) is 0 Å². The molecule has 4 amide bonds. The van der Waals surface area contributed by atoms with Crippen LogP contribution in [0.1, 0.15) is 37.8 Å². The number of nitrogens with one attached hydrogen (secondary N) is 3. The number of carbonyl (C=O) groups excluding carboxylic acids is 3. The topological polar surface area (TPSA) is 129 Å². The minimum absolute atomic E-state index is 0.125. The summed E-state index contributed by atoms with van der Waals surface area (Å²) < 4.78 is 0. The fourth-order valence-corrected chi connectivity index (χ4v) is 4.53. The highest BCUT2D eigenvalue weighted by molar-refractivity contribution is 6.00. The van der Waals surface area contributed by atoms with Crippen molar-refractivity contribution in [2.75, 3.05) is 17.3 Å². The van der Waals surface area contributed by atoms with Crippen LogP contribution in [0.3, 0.4) is 0 Å². The van der Waals surface area contributed by atoms with Crippen molar-refractivity contribution >= 4 is 29.4 Å². The first-order chi connectivity index (χ1) is 18.1. The monoisotopic (exact) mass is 514 g/mol. The van der Waals surface area contributed by atoms with Gasteiger partial charge in [-0.2, -0.15) is 0 Å². The van der Waals surface area contributed by atoms with Crippen LogP contribution in [0, 0.1) is 0 Å². The molecule has 0 fully saturated rings. The molecule has 4 rings (SSSR count). The Balaban J connectivity index is 1.57. The summed E-state index contributed by atoms with van der Waals surface area (Å²) in [5, 5.41) is 8.30. The number of carbonyl (C=O) groups is 3. The smallest absolute Gasteiger partial charge is 0.318 e. The summed E-state index contributed by atoms with van der Waals surface area (Å²) in [6, 6.07) is 18.3. The van der Waals surface area contributed by atoms with Gasteiger partial charge in [0.15, 0.2) is 0 Å². The average Bonchev–Trinajstić information content (AvgIpc) is 3.01. The van der Waals surface area contributed by atoms with E-state index in [2.05, 4.69) is 20.9 Å². The lowest BCUT2D eigenvalue weighted by molar-refractivity contribution is -0.128. The Morgan fingerprint density at radius 3 is 2.53 bits per heavy atom. The summed E-state index contributed by atoms with van der Waals surface area (Å²) in [6.07, 6.45) is 2.91. The minimum Gasteiger partial charge on any atom is -0.344 e. The quantitative estimate of drug-likeness (QED) is 0.383. The van der Waals surface area contributed by atoms with Crippen molar-refractivity contribution in [2.45, 2.75) is 51.2 Å². The van der Waals surface area contributed by atoms with Gasteiger partial charge in [-0.15, -0.1) is 0 Å². The summed E-state index contributed by atoms with van der Waals surface area (Å²) in [6.45, 7) is 3.87. The second kappa shape index (κ2) is 11.4. The molecule has 0 aliphatic carbocycles. The fourth-order valence-electron chi connectivity index (χ4n) is 4.53. The number of para-hydroxylation sites is 1. The van der Waals surface area contributed by atoms with E-state index in [0.717, 1.165) is 22.3 Å². The number of urea groups is 1. The number of amides is 4. The third kappa shape index (κ3) is 6.54. The first-order valence-electron chi connectivity index (χ1n) is 12.7. The van der Waals surface area contributed by atoms with Crippen LogP contribution in [0.25, 0.3) is 11.1 Å². The first-order valence-corrected chi connectivity index (χ1v) is 12.7. The summed E-state index contributed by atoms with van der Waals surface area (Å²) in [5.41, 5.74) is 9.71. The van der Waals surface area contributed by atoms with Gasteiger partial charge in [-0.25, -0.2) is 9.78 Å². The maximum absolute atomic E-state index is 13.7. The maximum Gasteiger partial charge on any atom is 0.318 e. The molecule has 0 spiro atoms. The van der Waals surface area contributed by atoms with E-state index in [-0.39, 0.29) is 24.3 Å². The molecule has 3 aromatic rings. The number of hydrogen-bond donors (Lipinski definition) is 4. The molecule has 2 aromatic carbocycles. The summed E-state index contributed by atoms with van der Waals surface area (Å²) in [7, 11) is 1.57. The molecule has 0 bridgehead atoms. The Kier molecular flexibility index (Phi) is 8.07. The molecule has 9 heteroatoms.